The van der Waals surface area contributed by atoms with E-state index in [1.54, 1.807) is 0 Å². The van der Waals surface area contributed by atoms with E-state index in [1.807, 2.05) is 18.2 Å². The van der Waals surface area contributed by atoms with E-state index in [1.165, 1.54) is 0 Å². The number of halogens is 1. The van der Waals surface area contributed by atoms with Gasteiger partial charge in [0.1, 0.15) is 5.78 Å². The first kappa shape index (κ1) is 16.5. The minimum Gasteiger partial charge on any atom is -0.299 e. The second-order valence-corrected chi connectivity index (χ2v) is 7.58. The summed E-state index contributed by atoms with van der Waals surface area (Å²) in [5.41, 5.74) is 1.41. The van der Waals surface area contributed by atoms with Crippen molar-refractivity contribution in [2.24, 2.45) is 11.3 Å². The highest BCUT2D eigenvalue weighted by Crippen LogP contribution is 2.38. The van der Waals surface area contributed by atoms with Crippen LogP contribution in [-0.2, 0) is 4.79 Å². The van der Waals surface area contributed by atoms with Crippen LogP contribution in [0.5, 0.6) is 0 Å². The summed E-state index contributed by atoms with van der Waals surface area (Å²) >= 11 is 6.29. The first-order valence-corrected chi connectivity index (χ1v) is 8.15. The molecule has 0 N–H and O–H groups in total. The van der Waals surface area contributed by atoms with Gasteiger partial charge in [0.2, 0.25) is 0 Å². The van der Waals surface area contributed by atoms with Gasteiger partial charge in [-0.05, 0) is 43.9 Å². The number of hydrogen-bond donors (Lipinski definition) is 0. The quantitative estimate of drug-likeness (QED) is 0.801. The highest BCUT2D eigenvalue weighted by molar-refractivity contribution is 6.31. The number of carbonyl (C=O) groups excluding carboxylic acids is 1. The van der Waals surface area contributed by atoms with Crippen LogP contribution in [0, 0.1) is 11.3 Å². The standard InChI is InChI=1S/C18H26ClNO/c1-13(15-7-5-6-8-16(15)19)20(4)12-14-11-18(2,3)10-9-17(14)21/h5-8,13-14H,9-12H2,1-4H3. The Hall–Kier alpha value is -0.860. The molecule has 0 spiro atoms. The first-order valence-electron chi connectivity index (χ1n) is 7.77. The van der Waals surface area contributed by atoms with E-state index < -0.39 is 0 Å². The summed E-state index contributed by atoms with van der Waals surface area (Å²) < 4.78 is 0. The van der Waals surface area contributed by atoms with Crippen LogP contribution in [0.15, 0.2) is 24.3 Å². The van der Waals surface area contributed by atoms with E-state index >= 15 is 0 Å². The topological polar surface area (TPSA) is 20.3 Å². The molecule has 1 aromatic carbocycles. The number of benzene rings is 1. The number of hydrogen-bond acceptors (Lipinski definition) is 2. The second kappa shape index (κ2) is 6.50. The minimum absolute atomic E-state index is 0.156. The third-order valence-corrected chi connectivity index (χ3v) is 5.17. The van der Waals surface area contributed by atoms with E-state index in [0.717, 1.165) is 36.4 Å². The van der Waals surface area contributed by atoms with Gasteiger partial charge in [0.25, 0.3) is 0 Å². The van der Waals surface area contributed by atoms with Crippen molar-refractivity contribution in [3.8, 4) is 0 Å². The molecule has 1 aromatic rings. The van der Waals surface area contributed by atoms with E-state index in [4.69, 9.17) is 11.6 Å². The zero-order valence-corrected chi connectivity index (χ0v) is 14.3. The Morgan fingerprint density at radius 2 is 2.05 bits per heavy atom. The minimum atomic E-state index is 0.156. The highest BCUT2D eigenvalue weighted by atomic mass is 35.5. The van der Waals surface area contributed by atoms with Gasteiger partial charge in [-0.15, -0.1) is 0 Å². The molecule has 116 valence electrons. The maximum absolute atomic E-state index is 12.2. The lowest BCUT2D eigenvalue weighted by Gasteiger charge is -2.37. The second-order valence-electron chi connectivity index (χ2n) is 7.17. The van der Waals surface area contributed by atoms with Gasteiger partial charge in [0, 0.05) is 29.9 Å². The number of Topliss-reactive ketones (excluding diaryl/α,β-unsaturated/α-hetero) is 1. The zero-order valence-electron chi connectivity index (χ0n) is 13.5. The first-order chi connectivity index (χ1) is 9.80. The fourth-order valence-electron chi connectivity index (χ4n) is 3.27. The van der Waals surface area contributed by atoms with Crippen molar-refractivity contribution < 1.29 is 4.79 Å². The number of carbonyl (C=O) groups is 1. The predicted octanol–water partition coefficient (Wildman–Crippen LogP) is 4.73. The highest BCUT2D eigenvalue weighted by Gasteiger charge is 2.34. The lowest BCUT2D eigenvalue weighted by atomic mass is 9.71. The van der Waals surface area contributed by atoms with Gasteiger partial charge in [-0.3, -0.25) is 9.69 Å². The van der Waals surface area contributed by atoms with Crippen LogP contribution in [0.2, 0.25) is 5.02 Å². The molecule has 0 saturated heterocycles. The number of rotatable bonds is 4. The molecule has 0 amide bonds. The monoisotopic (exact) mass is 307 g/mol. The summed E-state index contributed by atoms with van der Waals surface area (Å²) in [4.78, 5) is 14.4. The summed E-state index contributed by atoms with van der Waals surface area (Å²) in [5, 5.41) is 0.798. The molecule has 0 aromatic heterocycles. The van der Waals surface area contributed by atoms with E-state index in [9.17, 15) is 4.79 Å². The summed E-state index contributed by atoms with van der Waals surface area (Å²) in [6.45, 7) is 7.50. The van der Waals surface area contributed by atoms with Gasteiger partial charge in [0.15, 0.2) is 0 Å². The van der Waals surface area contributed by atoms with Crippen molar-refractivity contribution in [1.29, 1.82) is 0 Å². The summed E-state index contributed by atoms with van der Waals surface area (Å²) in [7, 11) is 2.09. The molecular formula is C18H26ClNO. The van der Waals surface area contributed by atoms with Gasteiger partial charge in [-0.25, -0.2) is 0 Å². The molecule has 3 heteroatoms. The van der Waals surface area contributed by atoms with Crippen molar-refractivity contribution in [3.05, 3.63) is 34.9 Å². The van der Waals surface area contributed by atoms with Crippen molar-refractivity contribution in [3.63, 3.8) is 0 Å². The van der Waals surface area contributed by atoms with Gasteiger partial charge in [-0.2, -0.15) is 0 Å². The van der Waals surface area contributed by atoms with Gasteiger partial charge < -0.3 is 0 Å². The van der Waals surface area contributed by atoms with Gasteiger partial charge in [-0.1, -0.05) is 43.6 Å². The van der Waals surface area contributed by atoms with Crippen molar-refractivity contribution in [2.75, 3.05) is 13.6 Å². The van der Waals surface area contributed by atoms with Crippen LogP contribution < -0.4 is 0 Å². The van der Waals surface area contributed by atoms with Crippen LogP contribution in [-0.4, -0.2) is 24.3 Å². The molecule has 2 atom stereocenters. The Balaban J connectivity index is 2.05. The summed E-state index contributed by atoms with van der Waals surface area (Å²) in [6, 6.07) is 8.18. The molecule has 1 fully saturated rings. The average molecular weight is 308 g/mol. The van der Waals surface area contributed by atoms with Crippen LogP contribution >= 0.6 is 11.6 Å². The molecule has 21 heavy (non-hydrogen) atoms. The van der Waals surface area contributed by atoms with Crippen molar-refractivity contribution in [1.82, 2.24) is 4.90 Å². The average Bonchev–Trinajstić information content (AvgIpc) is 2.42. The van der Waals surface area contributed by atoms with E-state index in [-0.39, 0.29) is 17.4 Å². The van der Waals surface area contributed by atoms with Crippen LogP contribution in [0.1, 0.15) is 51.6 Å². The third kappa shape index (κ3) is 4.08. The molecule has 2 unspecified atom stereocenters. The predicted molar refractivity (Wildman–Crippen MR) is 88.6 cm³/mol. The molecule has 0 heterocycles. The largest absolute Gasteiger partial charge is 0.299 e. The molecule has 1 aliphatic carbocycles. The SMILES string of the molecule is CC(c1ccccc1Cl)N(C)CC1CC(C)(C)CCC1=O. The summed E-state index contributed by atoms with van der Waals surface area (Å²) in [6.07, 6.45) is 2.74. The molecule has 1 saturated carbocycles. The van der Waals surface area contributed by atoms with E-state index in [2.05, 4.69) is 38.8 Å². The number of ketones is 1. The molecular weight excluding hydrogens is 282 g/mol. The van der Waals surface area contributed by atoms with Crippen LogP contribution in [0.25, 0.3) is 0 Å². The smallest absolute Gasteiger partial charge is 0.137 e. The lowest BCUT2D eigenvalue weighted by molar-refractivity contribution is -0.127. The van der Waals surface area contributed by atoms with Crippen molar-refractivity contribution >= 4 is 17.4 Å². The Morgan fingerprint density at radius 3 is 2.71 bits per heavy atom. The van der Waals surface area contributed by atoms with Crippen molar-refractivity contribution in [2.45, 2.75) is 46.1 Å². The molecule has 0 aliphatic heterocycles. The lowest BCUT2D eigenvalue weighted by Crippen LogP contribution is -2.38. The molecule has 0 radical (unpaired) electrons. The fourth-order valence-corrected chi connectivity index (χ4v) is 3.57. The Bertz CT molecular complexity index is 512. The normalized spacial score (nSPS) is 23.3. The zero-order chi connectivity index (χ0) is 15.6. The summed E-state index contributed by atoms with van der Waals surface area (Å²) in [5.74, 6) is 0.580. The molecule has 1 aliphatic rings. The maximum Gasteiger partial charge on any atom is 0.137 e. The van der Waals surface area contributed by atoms with Gasteiger partial charge in [0.05, 0.1) is 0 Å². The fraction of sp³-hybridized carbons (Fsp3) is 0.611. The third-order valence-electron chi connectivity index (χ3n) is 4.83. The molecule has 2 nitrogen and oxygen atoms in total. The molecule has 2 rings (SSSR count). The number of nitrogens with zero attached hydrogens (tertiary/aromatic N) is 1. The van der Waals surface area contributed by atoms with Gasteiger partial charge >= 0.3 is 0 Å². The Morgan fingerprint density at radius 1 is 1.38 bits per heavy atom. The Labute approximate surface area is 133 Å². The van der Waals surface area contributed by atoms with E-state index in [0.29, 0.717) is 5.78 Å². The van der Waals surface area contributed by atoms with Crippen LogP contribution in [0.4, 0.5) is 0 Å². The maximum atomic E-state index is 12.2. The van der Waals surface area contributed by atoms with Crippen LogP contribution in [0.3, 0.4) is 0 Å². The Kier molecular flexibility index (Phi) is 5.11. The molecule has 0 bridgehead atoms.